The summed E-state index contributed by atoms with van der Waals surface area (Å²) in [5.74, 6) is 1.49. The summed E-state index contributed by atoms with van der Waals surface area (Å²) in [5.41, 5.74) is 1.34. The van der Waals surface area contributed by atoms with Gasteiger partial charge >= 0.3 is 0 Å². The summed E-state index contributed by atoms with van der Waals surface area (Å²) >= 11 is 1.56. The molecule has 2 aromatic heterocycles. The van der Waals surface area contributed by atoms with E-state index in [0.29, 0.717) is 30.0 Å². The normalized spacial score (nSPS) is 15.2. The molecule has 25 heavy (non-hydrogen) atoms. The number of thiazole rings is 1. The molecule has 0 bridgehead atoms. The molecule has 1 amide bonds. The van der Waals surface area contributed by atoms with E-state index in [9.17, 15) is 4.79 Å². The number of pyridine rings is 1. The fourth-order valence-corrected chi connectivity index (χ4v) is 3.30. The summed E-state index contributed by atoms with van der Waals surface area (Å²) < 4.78 is 5.79. The Labute approximate surface area is 152 Å². The minimum atomic E-state index is -0.183. The first-order valence-electron chi connectivity index (χ1n) is 8.83. The molecule has 2 heterocycles. The second kappa shape index (κ2) is 7.95. The molecule has 1 saturated carbocycles. The monoisotopic (exact) mass is 359 g/mol. The van der Waals surface area contributed by atoms with Gasteiger partial charge in [0, 0.05) is 17.1 Å². The van der Waals surface area contributed by atoms with Gasteiger partial charge in [0.15, 0.2) is 0 Å². The molecular formula is C19H25N3O2S. The van der Waals surface area contributed by atoms with E-state index in [4.69, 9.17) is 4.74 Å². The number of rotatable bonds is 8. The fourth-order valence-electron chi connectivity index (χ4n) is 2.60. The van der Waals surface area contributed by atoms with Crippen molar-refractivity contribution in [3.05, 3.63) is 40.0 Å². The molecule has 5 nitrogen and oxygen atoms in total. The molecular weight excluding hydrogens is 334 g/mol. The SMILES string of the molecule is Cc1ccc(C(=O)NC(CC(C)C)c2nccs2)nc1OCC1CC1. The molecule has 1 atom stereocenters. The van der Waals surface area contributed by atoms with Crippen LogP contribution >= 0.6 is 11.3 Å². The Morgan fingerprint density at radius 2 is 2.20 bits per heavy atom. The number of carbonyl (C=O) groups excluding carboxylic acids is 1. The largest absolute Gasteiger partial charge is 0.477 e. The van der Waals surface area contributed by atoms with Gasteiger partial charge in [-0.1, -0.05) is 19.9 Å². The van der Waals surface area contributed by atoms with Gasteiger partial charge in [-0.3, -0.25) is 4.79 Å². The van der Waals surface area contributed by atoms with E-state index >= 15 is 0 Å². The molecule has 1 aliphatic rings. The van der Waals surface area contributed by atoms with Crippen molar-refractivity contribution >= 4 is 17.2 Å². The van der Waals surface area contributed by atoms with E-state index < -0.39 is 0 Å². The number of aryl methyl sites for hydroxylation is 1. The van der Waals surface area contributed by atoms with Gasteiger partial charge in [-0.2, -0.15) is 0 Å². The predicted molar refractivity (Wildman–Crippen MR) is 99.0 cm³/mol. The molecule has 1 aliphatic carbocycles. The van der Waals surface area contributed by atoms with Gasteiger partial charge < -0.3 is 10.1 Å². The maximum atomic E-state index is 12.7. The van der Waals surface area contributed by atoms with E-state index in [1.54, 1.807) is 23.6 Å². The zero-order chi connectivity index (χ0) is 17.8. The Morgan fingerprint density at radius 1 is 1.40 bits per heavy atom. The summed E-state index contributed by atoms with van der Waals surface area (Å²) in [5, 5.41) is 5.95. The summed E-state index contributed by atoms with van der Waals surface area (Å²) in [6, 6.07) is 3.56. The number of hydrogen-bond acceptors (Lipinski definition) is 5. The highest BCUT2D eigenvalue weighted by Gasteiger charge is 2.23. The first kappa shape index (κ1) is 17.9. The lowest BCUT2D eigenvalue weighted by molar-refractivity contribution is 0.0925. The maximum absolute atomic E-state index is 12.7. The zero-order valence-electron chi connectivity index (χ0n) is 15.0. The van der Waals surface area contributed by atoms with Crippen LogP contribution in [0.25, 0.3) is 0 Å². The van der Waals surface area contributed by atoms with E-state index in [1.165, 1.54) is 12.8 Å². The summed E-state index contributed by atoms with van der Waals surface area (Å²) in [7, 11) is 0. The van der Waals surface area contributed by atoms with Crippen LogP contribution in [0.3, 0.4) is 0 Å². The van der Waals surface area contributed by atoms with Crippen molar-refractivity contribution in [3.63, 3.8) is 0 Å². The Balaban J connectivity index is 1.71. The molecule has 6 heteroatoms. The van der Waals surface area contributed by atoms with Crippen LogP contribution in [0.5, 0.6) is 5.88 Å². The molecule has 1 N–H and O–H groups in total. The summed E-state index contributed by atoms with van der Waals surface area (Å²) in [6.45, 7) is 6.92. The maximum Gasteiger partial charge on any atom is 0.270 e. The second-order valence-electron chi connectivity index (χ2n) is 7.10. The zero-order valence-corrected chi connectivity index (χ0v) is 15.8. The molecule has 2 aromatic rings. The van der Waals surface area contributed by atoms with Crippen molar-refractivity contribution < 1.29 is 9.53 Å². The minimum Gasteiger partial charge on any atom is -0.477 e. The Bertz CT molecular complexity index is 711. The third-order valence-electron chi connectivity index (χ3n) is 4.20. The van der Waals surface area contributed by atoms with Gasteiger partial charge in [0.2, 0.25) is 5.88 Å². The van der Waals surface area contributed by atoms with Crippen LogP contribution in [0.4, 0.5) is 0 Å². The van der Waals surface area contributed by atoms with Gasteiger partial charge in [-0.05, 0) is 44.1 Å². The van der Waals surface area contributed by atoms with Gasteiger partial charge in [-0.25, -0.2) is 9.97 Å². The number of nitrogens with zero attached hydrogens (tertiary/aromatic N) is 2. The molecule has 1 unspecified atom stereocenters. The molecule has 3 rings (SSSR count). The second-order valence-corrected chi connectivity index (χ2v) is 8.03. The van der Waals surface area contributed by atoms with E-state index in [-0.39, 0.29) is 11.9 Å². The van der Waals surface area contributed by atoms with Crippen LogP contribution in [0.1, 0.15) is 60.2 Å². The molecule has 0 aliphatic heterocycles. The fraction of sp³-hybridized carbons (Fsp3) is 0.526. The Morgan fingerprint density at radius 3 is 2.84 bits per heavy atom. The number of aromatic nitrogens is 2. The van der Waals surface area contributed by atoms with Crippen molar-refractivity contribution in [2.45, 2.75) is 46.1 Å². The van der Waals surface area contributed by atoms with Crippen LogP contribution in [0, 0.1) is 18.8 Å². The molecule has 134 valence electrons. The van der Waals surface area contributed by atoms with Crippen molar-refractivity contribution in [2.24, 2.45) is 11.8 Å². The quantitative estimate of drug-likeness (QED) is 0.769. The predicted octanol–water partition coefficient (Wildman–Crippen LogP) is 4.15. The van der Waals surface area contributed by atoms with Gasteiger partial charge in [-0.15, -0.1) is 11.3 Å². The number of carbonyl (C=O) groups is 1. The van der Waals surface area contributed by atoms with Crippen molar-refractivity contribution in [2.75, 3.05) is 6.61 Å². The molecule has 0 spiro atoms. The molecule has 0 radical (unpaired) electrons. The van der Waals surface area contributed by atoms with Crippen molar-refractivity contribution in [3.8, 4) is 5.88 Å². The third kappa shape index (κ3) is 5.01. The third-order valence-corrected chi connectivity index (χ3v) is 5.09. The number of nitrogens with one attached hydrogen (secondary N) is 1. The standard InChI is InChI=1S/C19H25N3O2S/c1-12(2)10-16(19-20-8-9-25-19)21-17(23)15-7-4-13(3)18(22-15)24-11-14-5-6-14/h4,7-9,12,14,16H,5-6,10-11H2,1-3H3,(H,21,23). The van der Waals surface area contributed by atoms with Crippen LogP contribution in [-0.2, 0) is 0 Å². The smallest absolute Gasteiger partial charge is 0.270 e. The van der Waals surface area contributed by atoms with Gasteiger partial charge in [0.25, 0.3) is 5.91 Å². The van der Waals surface area contributed by atoms with Crippen LogP contribution in [0.2, 0.25) is 0 Å². The molecule has 0 saturated heterocycles. The summed E-state index contributed by atoms with van der Waals surface area (Å²) in [6.07, 6.45) is 5.07. The van der Waals surface area contributed by atoms with Gasteiger partial charge in [0.1, 0.15) is 10.7 Å². The average molecular weight is 359 g/mol. The first-order chi connectivity index (χ1) is 12.0. The Kier molecular flexibility index (Phi) is 5.68. The highest BCUT2D eigenvalue weighted by atomic mass is 32.1. The number of ether oxygens (including phenoxy) is 1. The lowest BCUT2D eigenvalue weighted by Gasteiger charge is -2.18. The van der Waals surface area contributed by atoms with Crippen molar-refractivity contribution in [1.82, 2.24) is 15.3 Å². The van der Waals surface area contributed by atoms with Gasteiger partial charge in [0.05, 0.1) is 12.6 Å². The van der Waals surface area contributed by atoms with Crippen LogP contribution < -0.4 is 10.1 Å². The van der Waals surface area contributed by atoms with E-state index in [1.807, 2.05) is 18.4 Å². The van der Waals surface area contributed by atoms with Crippen LogP contribution in [-0.4, -0.2) is 22.5 Å². The van der Waals surface area contributed by atoms with E-state index in [0.717, 1.165) is 17.0 Å². The minimum absolute atomic E-state index is 0.0913. The molecule has 1 fully saturated rings. The lowest BCUT2D eigenvalue weighted by atomic mass is 10.0. The number of hydrogen-bond donors (Lipinski definition) is 1. The highest BCUT2D eigenvalue weighted by molar-refractivity contribution is 7.09. The first-order valence-corrected chi connectivity index (χ1v) is 9.71. The lowest BCUT2D eigenvalue weighted by Crippen LogP contribution is -2.30. The summed E-state index contributed by atoms with van der Waals surface area (Å²) in [4.78, 5) is 21.5. The molecule has 0 aromatic carbocycles. The van der Waals surface area contributed by atoms with Crippen molar-refractivity contribution in [1.29, 1.82) is 0 Å². The Hall–Kier alpha value is -1.95. The van der Waals surface area contributed by atoms with E-state index in [2.05, 4.69) is 29.1 Å². The average Bonchev–Trinajstić information content (AvgIpc) is 3.24. The highest BCUT2D eigenvalue weighted by Crippen LogP contribution is 2.30. The number of amides is 1. The van der Waals surface area contributed by atoms with Crippen LogP contribution in [0.15, 0.2) is 23.7 Å². The topological polar surface area (TPSA) is 64.1 Å².